The van der Waals surface area contributed by atoms with Crippen molar-refractivity contribution in [3.63, 3.8) is 0 Å². The molecule has 1 fully saturated rings. The van der Waals surface area contributed by atoms with Crippen LogP contribution in [-0.4, -0.2) is 35.8 Å². The minimum Gasteiger partial charge on any atom is -0.349 e. The lowest BCUT2D eigenvalue weighted by Gasteiger charge is -2.35. The topological polar surface area (TPSA) is 75.4 Å². The van der Waals surface area contributed by atoms with E-state index in [0.29, 0.717) is 18.7 Å². The SMILES string of the molecule is Cc1ccccc1C(=O)NC1CCN(C(=O)C(C)C(N)c2ccccc2)CC1.Cl. The number of halogens is 1. The number of nitrogens with two attached hydrogens (primary N) is 1. The van der Waals surface area contributed by atoms with Crippen LogP contribution < -0.4 is 11.1 Å². The molecule has 2 aromatic rings. The number of likely N-dealkylation sites (tertiary alicyclic amines) is 1. The van der Waals surface area contributed by atoms with E-state index in [0.717, 1.165) is 24.0 Å². The van der Waals surface area contributed by atoms with Crippen LogP contribution in [0.5, 0.6) is 0 Å². The number of piperidine rings is 1. The molecule has 0 aromatic heterocycles. The zero-order chi connectivity index (χ0) is 20.1. The van der Waals surface area contributed by atoms with E-state index < -0.39 is 0 Å². The maximum absolute atomic E-state index is 12.9. The second kappa shape index (κ2) is 10.4. The van der Waals surface area contributed by atoms with Gasteiger partial charge in [0.15, 0.2) is 0 Å². The molecule has 1 saturated heterocycles. The predicted octanol–water partition coefficient (Wildman–Crippen LogP) is 3.47. The van der Waals surface area contributed by atoms with E-state index in [2.05, 4.69) is 5.32 Å². The highest BCUT2D eigenvalue weighted by atomic mass is 35.5. The molecule has 1 aliphatic heterocycles. The molecule has 6 heteroatoms. The van der Waals surface area contributed by atoms with Crippen molar-refractivity contribution in [3.8, 4) is 0 Å². The predicted molar refractivity (Wildman–Crippen MR) is 118 cm³/mol. The van der Waals surface area contributed by atoms with Crippen LogP contribution in [0.25, 0.3) is 0 Å². The smallest absolute Gasteiger partial charge is 0.251 e. The molecule has 3 N–H and O–H groups in total. The molecule has 3 rings (SSSR count). The van der Waals surface area contributed by atoms with Gasteiger partial charge in [-0.05, 0) is 37.0 Å². The molecular formula is C23H30ClN3O2. The highest BCUT2D eigenvalue weighted by molar-refractivity contribution is 5.95. The van der Waals surface area contributed by atoms with E-state index >= 15 is 0 Å². The van der Waals surface area contributed by atoms with Crippen LogP contribution >= 0.6 is 12.4 Å². The lowest BCUT2D eigenvalue weighted by Crippen LogP contribution is -2.48. The van der Waals surface area contributed by atoms with E-state index in [1.807, 2.05) is 73.3 Å². The average Bonchev–Trinajstić information content (AvgIpc) is 2.73. The Morgan fingerprint density at radius 3 is 2.24 bits per heavy atom. The minimum absolute atomic E-state index is 0. The molecule has 1 heterocycles. The lowest BCUT2D eigenvalue weighted by molar-refractivity contribution is -0.136. The van der Waals surface area contributed by atoms with Gasteiger partial charge >= 0.3 is 0 Å². The summed E-state index contributed by atoms with van der Waals surface area (Å²) in [6, 6.07) is 17.1. The standard InChI is InChI=1S/C23H29N3O2.ClH/c1-16-8-6-7-11-20(16)22(27)25-19-12-14-26(15-13-19)23(28)17(2)21(24)18-9-4-3-5-10-18;/h3-11,17,19,21H,12-15,24H2,1-2H3,(H,25,27);1H. The van der Waals surface area contributed by atoms with Crippen LogP contribution in [0.1, 0.15) is 47.3 Å². The molecule has 156 valence electrons. The van der Waals surface area contributed by atoms with Gasteiger partial charge in [0.2, 0.25) is 5.91 Å². The lowest BCUT2D eigenvalue weighted by atomic mass is 9.93. The van der Waals surface area contributed by atoms with Crippen molar-refractivity contribution in [2.45, 2.75) is 38.8 Å². The van der Waals surface area contributed by atoms with Gasteiger partial charge in [-0.15, -0.1) is 12.4 Å². The van der Waals surface area contributed by atoms with E-state index in [9.17, 15) is 9.59 Å². The summed E-state index contributed by atoms with van der Waals surface area (Å²) in [5.41, 5.74) is 8.97. The number of nitrogens with zero attached hydrogens (tertiary/aromatic N) is 1. The molecule has 0 radical (unpaired) electrons. The molecule has 0 aliphatic carbocycles. The summed E-state index contributed by atoms with van der Waals surface area (Å²) in [5, 5.41) is 3.11. The van der Waals surface area contributed by atoms with Gasteiger partial charge in [-0.1, -0.05) is 55.5 Å². The van der Waals surface area contributed by atoms with E-state index in [-0.39, 0.29) is 42.2 Å². The summed E-state index contributed by atoms with van der Waals surface area (Å²) in [6.45, 7) is 5.12. The van der Waals surface area contributed by atoms with Crippen LogP contribution in [0.2, 0.25) is 0 Å². The fourth-order valence-corrected chi connectivity index (χ4v) is 3.74. The van der Waals surface area contributed by atoms with Crippen LogP contribution in [-0.2, 0) is 4.79 Å². The van der Waals surface area contributed by atoms with Gasteiger partial charge in [-0.25, -0.2) is 0 Å². The largest absolute Gasteiger partial charge is 0.349 e. The van der Waals surface area contributed by atoms with Crippen LogP contribution in [0, 0.1) is 12.8 Å². The molecule has 5 nitrogen and oxygen atoms in total. The van der Waals surface area contributed by atoms with Gasteiger partial charge in [0, 0.05) is 30.7 Å². The second-order valence-corrected chi connectivity index (χ2v) is 7.61. The fourth-order valence-electron chi connectivity index (χ4n) is 3.74. The van der Waals surface area contributed by atoms with Gasteiger partial charge < -0.3 is 16.0 Å². The van der Waals surface area contributed by atoms with Gasteiger partial charge in [0.05, 0.1) is 5.92 Å². The monoisotopic (exact) mass is 415 g/mol. The number of nitrogens with one attached hydrogen (secondary N) is 1. The number of aryl methyl sites for hydroxylation is 1. The molecule has 0 saturated carbocycles. The van der Waals surface area contributed by atoms with Crippen molar-refractivity contribution < 1.29 is 9.59 Å². The summed E-state index contributed by atoms with van der Waals surface area (Å²) in [7, 11) is 0. The first-order valence-electron chi connectivity index (χ1n) is 9.93. The molecule has 0 spiro atoms. The maximum Gasteiger partial charge on any atom is 0.251 e. The third-order valence-corrected chi connectivity index (χ3v) is 5.64. The van der Waals surface area contributed by atoms with Crippen LogP contribution in [0.15, 0.2) is 54.6 Å². The van der Waals surface area contributed by atoms with E-state index in [1.165, 1.54) is 0 Å². The van der Waals surface area contributed by atoms with Crippen molar-refractivity contribution >= 4 is 24.2 Å². The number of carbonyl (C=O) groups excluding carboxylic acids is 2. The zero-order valence-corrected chi connectivity index (χ0v) is 17.8. The molecular weight excluding hydrogens is 386 g/mol. The minimum atomic E-state index is -0.313. The van der Waals surface area contributed by atoms with Gasteiger partial charge in [0.25, 0.3) is 5.91 Å². The van der Waals surface area contributed by atoms with Crippen LogP contribution in [0.4, 0.5) is 0 Å². The third kappa shape index (κ3) is 5.58. The highest BCUT2D eigenvalue weighted by Gasteiger charge is 2.30. The number of hydrogen-bond donors (Lipinski definition) is 2. The summed E-state index contributed by atoms with van der Waals surface area (Å²) < 4.78 is 0. The van der Waals surface area contributed by atoms with Crippen LogP contribution in [0.3, 0.4) is 0 Å². The number of hydrogen-bond acceptors (Lipinski definition) is 3. The number of carbonyl (C=O) groups is 2. The van der Waals surface area contributed by atoms with Crippen molar-refractivity contribution in [2.75, 3.05) is 13.1 Å². The number of amides is 2. The Kier molecular flexibility index (Phi) is 8.23. The number of benzene rings is 2. The van der Waals surface area contributed by atoms with Crippen molar-refractivity contribution in [2.24, 2.45) is 11.7 Å². The maximum atomic E-state index is 12.9. The molecule has 1 aliphatic rings. The van der Waals surface area contributed by atoms with Crippen molar-refractivity contribution in [1.29, 1.82) is 0 Å². The number of rotatable bonds is 5. The average molecular weight is 416 g/mol. The first-order valence-corrected chi connectivity index (χ1v) is 9.93. The summed E-state index contributed by atoms with van der Waals surface area (Å²) in [6.07, 6.45) is 1.52. The zero-order valence-electron chi connectivity index (χ0n) is 17.0. The molecule has 2 aromatic carbocycles. The normalized spacial score (nSPS) is 16.4. The molecule has 0 bridgehead atoms. The third-order valence-electron chi connectivity index (χ3n) is 5.64. The Labute approximate surface area is 179 Å². The van der Waals surface area contributed by atoms with E-state index in [1.54, 1.807) is 0 Å². The Hall–Kier alpha value is -2.37. The van der Waals surface area contributed by atoms with E-state index in [4.69, 9.17) is 5.73 Å². The van der Waals surface area contributed by atoms with Gasteiger partial charge in [0.1, 0.15) is 0 Å². The Balaban J connectivity index is 0.00000300. The summed E-state index contributed by atoms with van der Waals surface area (Å²) in [4.78, 5) is 27.2. The second-order valence-electron chi connectivity index (χ2n) is 7.61. The fraction of sp³-hybridized carbons (Fsp3) is 0.391. The molecule has 2 atom stereocenters. The Bertz CT molecular complexity index is 820. The molecule has 2 amide bonds. The molecule has 29 heavy (non-hydrogen) atoms. The Morgan fingerprint density at radius 2 is 1.62 bits per heavy atom. The highest BCUT2D eigenvalue weighted by Crippen LogP contribution is 2.23. The first-order chi connectivity index (χ1) is 13.5. The molecule has 2 unspecified atom stereocenters. The van der Waals surface area contributed by atoms with Crippen molar-refractivity contribution in [1.82, 2.24) is 10.2 Å². The van der Waals surface area contributed by atoms with Crippen molar-refractivity contribution in [3.05, 3.63) is 71.3 Å². The van der Waals surface area contributed by atoms with Gasteiger partial charge in [-0.2, -0.15) is 0 Å². The summed E-state index contributed by atoms with van der Waals surface area (Å²) >= 11 is 0. The summed E-state index contributed by atoms with van der Waals surface area (Å²) in [5.74, 6) is -0.233. The Morgan fingerprint density at radius 1 is 1.03 bits per heavy atom. The van der Waals surface area contributed by atoms with Gasteiger partial charge in [-0.3, -0.25) is 9.59 Å². The first kappa shape index (κ1) is 22.9. The quantitative estimate of drug-likeness (QED) is 0.785.